The van der Waals surface area contributed by atoms with E-state index in [9.17, 15) is 28.8 Å². The fraction of sp³-hybridized carbons (Fsp3) is 0.600. The van der Waals surface area contributed by atoms with Crippen molar-refractivity contribution in [2.75, 3.05) is 20.3 Å². The number of benzene rings is 1. The summed E-state index contributed by atoms with van der Waals surface area (Å²) in [6.07, 6.45) is 6.66. The Bertz CT molecular complexity index is 1490. The number of aromatic nitrogens is 1. The first-order valence-corrected chi connectivity index (χ1v) is 17.2. The van der Waals surface area contributed by atoms with E-state index in [1.807, 2.05) is 20.8 Å². The molecule has 13 heteroatoms. The van der Waals surface area contributed by atoms with Gasteiger partial charge < -0.3 is 30.4 Å². The molecule has 2 aromatic rings. The summed E-state index contributed by atoms with van der Waals surface area (Å²) in [6, 6.07) is 2.42. The summed E-state index contributed by atoms with van der Waals surface area (Å²) in [5.41, 5.74) is 0.744. The minimum Gasteiger partial charge on any atom is -0.466 e. The van der Waals surface area contributed by atoms with Crippen LogP contribution in [0.3, 0.4) is 0 Å². The molecule has 48 heavy (non-hydrogen) atoms. The molecule has 2 aliphatic heterocycles. The number of nitrogens with zero attached hydrogens (tertiary/aromatic N) is 2. The van der Waals surface area contributed by atoms with E-state index in [1.165, 1.54) is 22.9 Å². The molecule has 262 valence electrons. The van der Waals surface area contributed by atoms with Crippen molar-refractivity contribution in [1.82, 2.24) is 25.6 Å². The highest BCUT2D eigenvalue weighted by Gasteiger charge is 2.42. The third-order valence-electron chi connectivity index (χ3n) is 9.29. The minimum atomic E-state index is -1.70. The van der Waals surface area contributed by atoms with Gasteiger partial charge in [0.25, 0.3) is 5.91 Å². The third-order valence-corrected chi connectivity index (χ3v) is 9.29. The van der Waals surface area contributed by atoms with Gasteiger partial charge in [0.1, 0.15) is 25.2 Å². The number of carbonyl (C=O) groups excluding carboxylic acids is 6. The zero-order valence-corrected chi connectivity index (χ0v) is 28.4. The fourth-order valence-corrected chi connectivity index (χ4v) is 6.33. The Kier molecular flexibility index (Phi) is 13.0. The van der Waals surface area contributed by atoms with Crippen LogP contribution >= 0.6 is 0 Å². The van der Waals surface area contributed by atoms with E-state index in [4.69, 9.17) is 9.57 Å². The molecule has 1 aromatic carbocycles. The van der Waals surface area contributed by atoms with E-state index in [0.29, 0.717) is 62.6 Å². The number of nitrogens with one attached hydrogen (secondary N) is 3. The van der Waals surface area contributed by atoms with Gasteiger partial charge in [-0.2, -0.15) is 4.73 Å². The van der Waals surface area contributed by atoms with E-state index < -0.39 is 53.6 Å². The van der Waals surface area contributed by atoms with Crippen LogP contribution in [0.5, 0.6) is 0 Å². The first kappa shape index (κ1) is 36.4. The van der Waals surface area contributed by atoms with E-state index in [-0.39, 0.29) is 30.3 Å². The summed E-state index contributed by atoms with van der Waals surface area (Å²) in [5.74, 6) is -3.63. The molecule has 1 aromatic heterocycles. The predicted octanol–water partition coefficient (Wildman–Crippen LogP) is 2.68. The topological polar surface area (TPSA) is 165 Å². The number of ketones is 1. The number of rotatable bonds is 13. The summed E-state index contributed by atoms with van der Waals surface area (Å²) in [7, 11) is 1.45. The number of carbonyl (C=O) groups is 6. The van der Waals surface area contributed by atoms with Gasteiger partial charge in [-0.05, 0) is 50.5 Å². The smallest absolute Gasteiger partial charge is 0.305 e. The van der Waals surface area contributed by atoms with E-state index in [0.717, 1.165) is 12.8 Å². The lowest BCUT2D eigenvalue weighted by Crippen LogP contribution is -2.65. The molecular weight excluding hydrogens is 618 g/mol. The zero-order valence-electron chi connectivity index (χ0n) is 28.4. The molecule has 3 heterocycles. The molecule has 0 radical (unpaired) electrons. The second kappa shape index (κ2) is 17.1. The first-order valence-electron chi connectivity index (χ1n) is 17.2. The second-order valence-electron chi connectivity index (χ2n) is 12.7. The van der Waals surface area contributed by atoms with Crippen molar-refractivity contribution in [3.8, 4) is 0 Å². The van der Waals surface area contributed by atoms with E-state index >= 15 is 0 Å². The number of hydrogen-bond donors (Lipinski definition) is 3. The van der Waals surface area contributed by atoms with Crippen LogP contribution in [0, 0.1) is 5.92 Å². The molecule has 0 aliphatic carbocycles. The Morgan fingerprint density at radius 2 is 1.73 bits per heavy atom. The summed E-state index contributed by atoms with van der Waals surface area (Å²) in [6.45, 7) is 6.34. The number of hydrogen-bond acceptors (Lipinski definition) is 8. The molecule has 1 unspecified atom stereocenters. The van der Waals surface area contributed by atoms with Crippen LogP contribution in [0.25, 0.3) is 10.9 Å². The standard InChI is InChI=1S/C35H49N5O8/c1-5-20-48-28(41)18-9-7-8-15-25-32(43)38-30(31(42)24-21-40(47-4)26-16-11-10-14-23(24)26)34(45)37-29(22(3)6-2)35(46)39-19-13-12-17-27(39)33(44)36-25/h10-11,14,16,21-22,25,27,29-30H,5-9,12-13,15,17-20H2,1-4H3,(H,36,44)(H,37,45)(H,38,43)/t22?,25-,27+,29-,30-/m0/s1. The molecule has 0 saturated carbocycles. The maximum absolute atomic E-state index is 14.2. The highest BCUT2D eigenvalue weighted by atomic mass is 16.6. The number of Topliss-reactive ketones (excluding diaryl/α,β-unsaturated/α-hetero) is 1. The monoisotopic (exact) mass is 667 g/mol. The van der Waals surface area contributed by atoms with Gasteiger partial charge in [-0.25, -0.2) is 0 Å². The fourth-order valence-electron chi connectivity index (χ4n) is 6.33. The van der Waals surface area contributed by atoms with Crippen LogP contribution in [0.1, 0.15) is 95.3 Å². The average molecular weight is 668 g/mol. The van der Waals surface area contributed by atoms with Crippen molar-refractivity contribution in [2.45, 2.75) is 109 Å². The van der Waals surface area contributed by atoms with Crippen molar-refractivity contribution in [3.05, 3.63) is 36.0 Å². The molecule has 0 bridgehead atoms. The largest absolute Gasteiger partial charge is 0.466 e. The lowest BCUT2D eigenvalue weighted by molar-refractivity contribution is -0.147. The van der Waals surface area contributed by atoms with Crippen molar-refractivity contribution in [1.29, 1.82) is 0 Å². The maximum atomic E-state index is 14.2. The number of ether oxygens (including phenoxy) is 1. The summed E-state index contributed by atoms with van der Waals surface area (Å²) in [4.78, 5) is 88.9. The first-order chi connectivity index (χ1) is 23.1. The molecule has 4 rings (SSSR count). The van der Waals surface area contributed by atoms with E-state index in [2.05, 4.69) is 16.0 Å². The van der Waals surface area contributed by atoms with Crippen LogP contribution in [-0.2, 0) is 28.7 Å². The second-order valence-corrected chi connectivity index (χ2v) is 12.7. The highest BCUT2D eigenvalue weighted by molar-refractivity contribution is 6.20. The lowest BCUT2D eigenvalue weighted by atomic mass is 9.93. The zero-order chi connectivity index (χ0) is 34.8. The van der Waals surface area contributed by atoms with Crippen molar-refractivity contribution in [3.63, 3.8) is 0 Å². The molecule has 2 aliphatic rings. The van der Waals surface area contributed by atoms with Gasteiger partial charge in [-0.1, -0.05) is 58.2 Å². The molecule has 2 fully saturated rings. The summed E-state index contributed by atoms with van der Waals surface area (Å²) >= 11 is 0. The van der Waals surface area contributed by atoms with Crippen LogP contribution in [0.15, 0.2) is 30.5 Å². The van der Waals surface area contributed by atoms with Gasteiger partial charge in [0.05, 0.1) is 18.3 Å². The van der Waals surface area contributed by atoms with Gasteiger partial charge in [0.15, 0.2) is 11.8 Å². The lowest BCUT2D eigenvalue weighted by Gasteiger charge is -2.39. The molecule has 5 atom stereocenters. The normalized spacial score (nSPS) is 22.8. The van der Waals surface area contributed by atoms with Crippen molar-refractivity contribution in [2.24, 2.45) is 5.92 Å². The maximum Gasteiger partial charge on any atom is 0.305 e. The Morgan fingerprint density at radius 1 is 0.958 bits per heavy atom. The molecule has 0 spiro atoms. The molecule has 13 nitrogen and oxygen atoms in total. The van der Waals surface area contributed by atoms with Crippen molar-refractivity contribution < 1.29 is 38.3 Å². The Balaban J connectivity index is 1.66. The van der Waals surface area contributed by atoms with Gasteiger partial charge in [-0.15, -0.1) is 0 Å². The SMILES string of the molecule is CCCOC(=O)CCCCC[C@@H]1NC(=O)[C@H]2CCCCN2C(=O)[C@H](C(C)CC)NC(=O)[C@H](C(=O)c2cn(OC)c3ccccc23)NC1=O. The van der Waals surface area contributed by atoms with Crippen LogP contribution < -0.4 is 20.8 Å². The van der Waals surface area contributed by atoms with Gasteiger partial charge >= 0.3 is 5.97 Å². The Labute approximate surface area is 281 Å². The van der Waals surface area contributed by atoms with Crippen LogP contribution in [-0.4, -0.2) is 89.4 Å². The third kappa shape index (κ3) is 8.53. The Morgan fingerprint density at radius 3 is 2.46 bits per heavy atom. The van der Waals surface area contributed by atoms with Crippen LogP contribution in [0.2, 0.25) is 0 Å². The van der Waals surface area contributed by atoms with Gasteiger partial charge in [0, 0.05) is 23.9 Å². The number of fused-ring (bicyclic) bond motifs is 2. The molecule has 3 N–H and O–H groups in total. The number of unbranched alkanes of at least 4 members (excludes halogenated alkanes) is 2. The minimum absolute atomic E-state index is 0.151. The summed E-state index contributed by atoms with van der Waals surface area (Å²) < 4.78 is 6.53. The van der Waals surface area contributed by atoms with E-state index in [1.54, 1.807) is 24.3 Å². The van der Waals surface area contributed by atoms with Gasteiger partial charge in [0.2, 0.25) is 17.7 Å². The number of para-hydroxylation sites is 1. The predicted molar refractivity (Wildman–Crippen MR) is 178 cm³/mol. The number of piperidine rings is 1. The molecular formula is C35H49N5O8. The Hall–Kier alpha value is -4.42. The number of amides is 4. The molecule has 2 saturated heterocycles. The van der Waals surface area contributed by atoms with Gasteiger partial charge in [-0.3, -0.25) is 28.8 Å². The average Bonchev–Trinajstić information content (AvgIpc) is 3.48. The quantitative estimate of drug-likeness (QED) is 0.127. The molecule has 4 amide bonds. The number of esters is 1. The summed E-state index contributed by atoms with van der Waals surface area (Å²) in [5, 5.41) is 8.78. The van der Waals surface area contributed by atoms with Crippen LogP contribution in [0.4, 0.5) is 0 Å². The highest BCUT2D eigenvalue weighted by Crippen LogP contribution is 2.24. The van der Waals surface area contributed by atoms with Crippen molar-refractivity contribution >= 4 is 46.3 Å².